The van der Waals surface area contributed by atoms with Gasteiger partial charge in [0.2, 0.25) is 11.8 Å². The lowest BCUT2D eigenvalue weighted by molar-refractivity contribution is -0.959. The number of hydrogen-bond donors (Lipinski definition) is 4. The topological polar surface area (TPSA) is 98.7 Å². The zero-order valence-electron chi connectivity index (χ0n) is 18.4. The van der Waals surface area contributed by atoms with Crippen molar-refractivity contribution < 1.29 is 24.3 Å². The first-order chi connectivity index (χ1) is 14.0. The lowest BCUT2D eigenvalue weighted by Crippen LogP contribution is -2.56. The van der Waals surface area contributed by atoms with Gasteiger partial charge >= 0.3 is 0 Å². The van der Waals surface area contributed by atoms with Crippen LogP contribution in [0.3, 0.4) is 0 Å². The fourth-order valence-electron chi connectivity index (χ4n) is 2.81. The highest BCUT2D eigenvalue weighted by atomic mass is 16.3. The second-order valence-electron chi connectivity index (χ2n) is 7.32. The van der Waals surface area contributed by atoms with Crippen molar-refractivity contribution in [3.8, 4) is 0 Å². The molecule has 0 saturated heterocycles. The average molecular weight is 413 g/mol. The Morgan fingerprint density at radius 1 is 0.759 bits per heavy atom. The third-order valence-electron chi connectivity index (χ3n) is 4.77. The van der Waals surface area contributed by atoms with Crippen molar-refractivity contribution in [2.75, 3.05) is 39.6 Å². The Morgan fingerprint density at radius 2 is 1.17 bits per heavy atom. The van der Waals surface area contributed by atoms with Gasteiger partial charge in [-0.15, -0.1) is 0 Å². The van der Waals surface area contributed by atoms with Crippen LogP contribution in [0.15, 0.2) is 24.3 Å². The van der Waals surface area contributed by atoms with Gasteiger partial charge in [-0.3, -0.25) is 14.1 Å². The van der Waals surface area contributed by atoms with E-state index in [-0.39, 0.29) is 29.8 Å². The number of amides is 2. The molecule has 0 aromatic heterocycles. The van der Waals surface area contributed by atoms with Gasteiger partial charge in [0.1, 0.15) is 0 Å². The second-order valence-corrected chi connectivity index (χ2v) is 7.32. The van der Waals surface area contributed by atoms with E-state index in [1.54, 1.807) is 0 Å². The molecule has 0 saturated carbocycles. The van der Waals surface area contributed by atoms with Crippen LogP contribution in [0.5, 0.6) is 0 Å². The highest BCUT2D eigenvalue weighted by molar-refractivity contribution is 5.76. The average Bonchev–Trinajstić information content (AvgIpc) is 2.72. The molecule has 0 aromatic carbocycles. The maximum absolute atomic E-state index is 11.9. The summed E-state index contributed by atoms with van der Waals surface area (Å²) >= 11 is 0. The summed E-state index contributed by atoms with van der Waals surface area (Å²) in [6.07, 6.45) is 14.7. The van der Waals surface area contributed by atoms with Crippen molar-refractivity contribution in [3.63, 3.8) is 0 Å². The molecule has 0 aliphatic heterocycles. The highest BCUT2D eigenvalue weighted by Crippen LogP contribution is 2.04. The molecule has 0 rings (SSSR count). The Hall–Kier alpha value is -1.70. The van der Waals surface area contributed by atoms with Crippen molar-refractivity contribution >= 4 is 11.8 Å². The molecule has 0 atom stereocenters. The second kappa shape index (κ2) is 18.3. The van der Waals surface area contributed by atoms with Crippen molar-refractivity contribution in [3.05, 3.63) is 24.3 Å². The molecule has 0 aromatic rings. The van der Waals surface area contributed by atoms with Gasteiger partial charge in [-0.05, 0) is 38.5 Å². The minimum Gasteiger partial charge on any atom is -0.350 e. The van der Waals surface area contributed by atoms with Crippen molar-refractivity contribution in [2.24, 2.45) is 0 Å². The number of rotatable bonds is 18. The van der Waals surface area contributed by atoms with Gasteiger partial charge in [0.15, 0.2) is 13.5 Å². The maximum atomic E-state index is 11.9. The van der Waals surface area contributed by atoms with Crippen LogP contribution < -0.4 is 10.6 Å². The van der Waals surface area contributed by atoms with Crippen LogP contribution in [0.1, 0.15) is 65.2 Å². The van der Waals surface area contributed by atoms with E-state index >= 15 is 0 Å². The third kappa shape index (κ3) is 14.9. The van der Waals surface area contributed by atoms with Gasteiger partial charge < -0.3 is 20.8 Å². The molecule has 2 amide bonds. The number of hydrogen-bond acceptors (Lipinski definition) is 4. The zero-order chi connectivity index (χ0) is 21.8. The van der Waals surface area contributed by atoms with E-state index in [0.29, 0.717) is 39.0 Å². The lowest BCUT2D eigenvalue weighted by Gasteiger charge is -2.34. The summed E-state index contributed by atoms with van der Waals surface area (Å²) in [5.74, 6) is -0.0383. The van der Waals surface area contributed by atoms with Crippen LogP contribution in [0.25, 0.3) is 0 Å². The van der Waals surface area contributed by atoms with Gasteiger partial charge in [-0.1, -0.05) is 38.2 Å². The van der Waals surface area contributed by atoms with Crippen molar-refractivity contribution in [1.29, 1.82) is 0 Å². The number of allylic oxidation sites excluding steroid dienone is 4. The van der Waals surface area contributed by atoms with Crippen LogP contribution >= 0.6 is 0 Å². The molecule has 0 aliphatic carbocycles. The molecule has 0 aliphatic rings. The van der Waals surface area contributed by atoms with Crippen molar-refractivity contribution in [1.82, 2.24) is 10.6 Å². The molecule has 7 heteroatoms. The van der Waals surface area contributed by atoms with Gasteiger partial charge in [-0.2, -0.15) is 0 Å². The molecule has 29 heavy (non-hydrogen) atoms. The quantitative estimate of drug-likeness (QED) is 0.120. The van der Waals surface area contributed by atoms with Crippen LogP contribution in [0.2, 0.25) is 0 Å². The predicted octanol–water partition coefficient (Wildman–Crippen LogP) is 2.21. The van der Waals surface area contributed by atoms with Crippen LogP contribution in [0, 0.1) is 0 Å². The van der Waals surface area contributed by atoms with E-state index < -0.39 is 0 Å². The Labute approximate surface area is 176 Å². The molecule has 4 N–H and O–H groups in total. The summed E-state index contributed by atoms with van der Waals surface area (Å²) in [5.41, 5.74) is 0. The Kier molecular flexibility index (Phi) is 17.3. The SMILES string of the molecule is CC/C=C/CCCC(=O)NCC[N+](CO)(CO)CCNC(=O)CCC/C=C/CC. The summed E-state index contributed by atoms with van der Waals surface area (Å²) in [6, 6.07) is 0. The summed E-state index contributed by atoms with van der Waals surface area (Å²) in [5, 5.41) is 25.1. The standard InChI is InChI=1S/C22H41N3O4/c1-3-5-7-9-11-13-21(28)23-15-17-25(19-26,20-27)18-16-24-22(29)14-12-10-8-6-4-2/h5-8,26-27H,3-4,9-20H2,1-2H3,(H-,23,24,28,29)/p+1/b7-5+,8-6+. The summed E-state index contributed by atoms with van der Waals surface area (Å²) in [6.45, 7) is 5.24. The van der Waals surface area contributed by atoms with Gasteiger partial charge in [-0.25, -0.2) is 0 Å². The summed E-state index contributed by atoms with van der Waals surface area (Å²) in [4.78, 5) is 23.8. The van der Waals surface area contributed by atoms with E-state index in [4.69, 9.17) is 0 Å². The van der Waals surface area contributed by atoms with E-state index in [9.17, 15) is 19.8 Å². The van der Waals surface area contributed by atoms with Crippen LogP contribution in [-0.4, -0.2) is 66.2 Å². The fourth-order valence-corrected chi connectivity index (χ4v) is 2.81. The fraction of sp³-hybridized carbons (Fsp3) is 0.727. The number of aliphatic hydroxyl groups excluding tert-OH is 2. The summed E-state index contributed by atoms with van der Waals surface area (Å²) < 4.78 is 0.0268. The molecule has 0 bridgehead atoms. The number of nitrogens with zero attached hydrogens (tertiary/aromatic N) is 1. The van der Waals surface area contributed by atoms with Gasteiger partial charge in [0, 0.05) is 12.8 Å². The lowest BCUT2D eigenvalue weighted by atomic mass is 10.2. The molecule has 0 unspecified atom stereocenters. The first-order valence-electron chi connectivity index (χ1n) is 10.9. The minimum atomic E-state index is -0.244. The summed E-state index contributed by atoms with van der Waals surface area (Å²) in [7, 11) is 0. The van der Waals surface area contributed by atoms with Gasteiger partial charge in [0.25, 0.3) is 0 Å². The maximum Gasteiger partial charge on any atom is 0.220 e. The minimum absolute atomic E-state index is 0.0192. The molecule has 7 nitrogen and oxygen atoms in total. The number of quaternary nitrogens is 1. The monoisotopic (exact) mass is 412 g/mol. The molecule has 0 radical (unpaired) electrons. The molecule has 0 spiro atoms. The van der Waals surface area contributed by atoms with Crippen LogP contribution in [-0.2, 0) is 9.59 Å². The molecule has 0 heterocycles. The third-order valence-corrected chi connectivity index (χ3v) is 4.77. The smallest absolute Gasteiger partial charge is 0.220 e. The first-order valence-corrected chi connectivity index (χ1v) is 10.9. The van der Waals surface area contributed by atoms with Gasteiger partial charge in [0.05, 0.1) is 26.2 Å². The number of carbonyl (C=O) groups is 2. The zero-order valence-corrected chi connectivity index (χ0v) is 18.4. The molecular formula is C22H42N3O4+. The normalized spacial score (nSPS) is 12.0. The van der Waals surface area contributed by atoms with E-state index in [1.807, 2.05) is 0 Å². The van der Waals surface area contributed by atoms with Crippen molar-refractivity contribution in [2.45, 2.75) is 65.2 Å². The molecular weight excluding hydrogens is 370 g/mol. The van der Waals surface area contributed by atoms with E-state index in [2.05, 4.69) is 48.8 Å². The molecule has 0 fully saturated rings. The van der Waals surface area contributed by atoms with Crippen LogP contribution in [0.4, 0.5) is 0 Å². The predicted molar refractivity (Wildman–Crippen MR) is 117 cm³/mol. The number of unbranched alkanes of at least 4 members (excludes halogenated alkanes) is 2. The first kappa shape index (κ1) is 27.3. The Balaban J connectivity index is 4.10. The number of aliphatic hydroxyl groups is 2. The molecule has 168 valence electrons. The van der Waals surface area contributed by atoms with E-state index in [1.165, 1.54) is 0 Å². The number of carbonyl (C=O) groups excluding carboxylic acids is 2. The highest BCUT2D eigenvalue weighted by Gasteiger charge is 2.25. The Morgan fingerprint density at radius 3 is 1.52 bits per heavy atom. The van der Waals surface area contributed by atoms with E-state index in [0.717, 1.165) is 38.5 Å². The Bertz CT molecular complexity index is 448. The number of nitrogens with one attached hydrogen (secondary N) is 2. The largest absolute Gasteiger partial charge is 0.350 e.